The summed E-state index contributed by atoms with van der Waals surface area (Å²) in [5.41, 5.74) is 7.72. The predicted molar refractivity (Wildman–Crippen MR) is 176 cm³/mol. The van der Waals surface area contributed by atoms with Gasteiger partial charge < -0.3 is 40.0 Å². The number of carboxylic acid groups (broad SMARTS) is 1. The van der Waals surface area contributed by atoms with E-state index in [1.54, 1.807) is 17.0 Å². The summed E-state index contributed by atoms with van der Waals surface area (Å²) in [5.74, 6) is -1.12. The van der Waals surface area contributed by atoms with Crippen molar-refractivity contribution in [3.8, 4) is 28.3 Å². The number of ether oxygens (including phenoxy) is 1. The normalized spacial score (nSPS) is 17.0. The number of hydrogen-bond acceptors (Lipinski definition) is 11. The number of benzene rings is 2. The quantitative estimate of drug-likeness (QED) is 0.213. The van der Waals surface area contributed by atoms with Gasteiger partial charge in [-0.05, 0) is 56.3 Å². The highest BCUT2D eigenvalue weighted by molar-refractivity contribution is 7.22. The molecule has 5 heterocycles. The standard InChI is InChI=1S/C32H32F2N8O5S/c1-40-7-2-3-18(40)16-47-31-38-26-21(29(39-31)42-10-8-41(9-11-42)23(43)14-36-32(44)45)13-20(17-6-12-46-15-17)24(25(26)34)19-4-5-22(33)28-27(19)37-30(35)48-28/h4-6,12-13,15,18,36H,2-3,7-11,14,16H2,1H3,(H2,35,37)(H,44,45). The number of carbonyl (C=O) groups excluding carboxylic acids is 1. The molecule has 2 aliphatic rings. The molecule has 0 bridgehead atoms. The monoisotopic (exact) mass is 678 g/mol. The third-order valence-corrected chi connectivity index (χ3v) is 9.80. The molecule has 5 aromatic rings. The maximum atomic E-state index is 17.2. The zero-order valence-corrected chi connectivity index (χ0v) is 26.7. The van der Waals surface area contributed by atoms with Crippen LogP contribution >= 0.6 is 11.3 Å². The van der Waals surface area contributed by atoms with Crippen LogP contribution in [0.3, 0.4) is 0 Å². The fraction of sp³-hybridized carbons (Fsp3) is 0.344. The van der Waals surface area contributed by atoms with Crippen LogP contribution < -0.4 is 20.7 Å². The van der Waals surface area contributed by atoms with Crippen molar-refractivity contribution in [1.29, 1.82) is 0 Å². The van der Waals surface area contributed by atoms with Crippen molar-refractivity contribution in [3.05, 3.63) is 48.4 Å². The summed E-state index contributed by atoms with van der Waals surface area (Å²) in [7, 11) is 2.03. The second-order valence-corrected chi connectivity index (χ2v) is 12.8. The first-order valence-corrected chi connectivity index (χ1v) is 16.2. The predicted octanol–water partition coefficient (Wildman–Crippen LogP) is 4.42. The molecule has 2 aromatic carbocycles. The van der Waals surface area contributed by atoms with Gasteiger partial charge in [0.05, 0.1) is 22.7 Å². The smallest absolute Gasteiger partial charge is 0.405 e. The van der Waals surface area contributed by atoms with E-state index in [0.29, 0.717) is 60.7 Å². The number of likely N-dealkylation sites (N-methyl/N-ethyl adjacent to an activating group) is 1. The number of aromatic nitrogens is 3. The fourth-order valence-electron chi connectivity index (χ4n) is 6.39. The Morgan fingerprint density at radius 2 is 1.92 bits per heavy atom. The summed E-state index contributed by atoms with van der Waals surface area (Å²) in [6, 6.07) is 6.39. The third kappa shape index (κ3) is 5.92. The lowest BCUT2D eigenvalue weighted by Gasteiger charge is -2.36. The molecule has 13 nitrogen and oxygen atoms in total. The van der Waals surface area contributed by atoms with Crippen LogP contribution in [0, 0.1) is 11.6 Å². The van der Waals surface area contributed by atoms with Crippen molar-refractivity contribution in [3.63, 3.8) is 0 Å². The average molecular weight is 679 g/mol. The minimum absolute atomic E-state index is 0.00172. The van der Waals surface area contributed by atoms with E-state index < -0.39 is 17.7 Å². The number of halogens is 2. The Morgan fingerprint density at radius 1 is 1.10 bits per heavy atom. The molecule has 0 radical (unpaired) electrons. The number of nitrogens with two attached hydrogens (primary N) is 1. The number of piperazine rings is 1. The summed E-state index contributed by atoms with van der Waals surface area (Å²) in [5, 5.41) is 11.6. The summed E-state index contributed by atoms with van der Waals surface area (Å²) in [6.45, 7) is 2.21. The Kier molecular flexibility index (Phi) is 8.43. The number of carbonyl (C=O) groups is 2. The molecular weight excluding hydrogens is 646 g/mol. The van der Waals surface area contributed by atoms with E-state index in [2.05, 4.69) is 20.2 Å². The molecule has 2 amide bonds. The van der Waals surface area contributed by atoms with E-state index in [0.717, 1.165) is 30.7 Å². The second-order valence-electron chi connectivity index (χ2n) is 11.8. The molecule has 7 rings (SSSR count). The lowest BCUT2D eigenvalue weighted by molar-refractivity contribution is -0.130. The van der Waals surface area contributed by atoms with E-state index in [4.69, 9.17) is 25.0 Å². The Balaban J connectivity index is 1.36. The molecule has 48 heavy (non-hydrogen) atoms. The molecule has 0 saturated carbocycles. The Morgan fingerprint density at radius 3 is 2.62 bits per heavy atom. The van der Waals surface area contributed by atoms with Gasteiger partial charge in [0.2, 0.25) is 5.91 Å². The van der Waals surface area contributed by atoms with Gasteiger partial charge in [-0.2, -0.15) is 9.97 Å². The van der Waals surface area contributed by atoms with Gasteiger partial charge in [0.1, 0.15) is 30.3 Å². The van der Waals surface area contributed by atoms with Crippen molar-refractivity contribution in [2.75, 3.05) is 63.6 Å². The van der Waals surface area contributed by atoms with Gasteiger partial charge in [-0.15, -0.1) is 0 Å². The second kappa shape index (κ2) is 12.8. The van der Waals surface area contributed by atoms with Gasteiger partial charge in [-0.1, -0.05) is 11.3 Å². The maximum absolute atomic E-state index is 17.2. The molecule has 2 saturated heterocycles. The molecule has 0 spiro atoms. The number of nitrogens with zero attached hydrogens (tertiary/aromatic N) is 6. The minimum atomic E-state index is -1.28. The number of nitrogens with one attached hydrogen (secondary N) is 1. The summed E-state index contributed by atoms with van der Waals surface area (Å²) >= 11 is 0.983. The van der Waals surface area contributed by atoms with Crippen LogP contribution in [0.25, 0.3) is 43.4 Å². The molecule has 1 atom stereocenters. The molecule has 2 aliphatic heterocycles. The Bertz CT molecular complexity index is 2020. The molecule has 1 unspecified atom stereocenters. The molecule has 16 heteroatoms. The number of thiazole rings is 1. The lowest BCUT2D eigenvalue weighted by atomic mass is 9.92. The molecule has 2 fully saturated rings. The zero-order chi connectivity index (χ0) is 33.5. The van der Waals surface area contributed by atoms with Gasteiger partial charge in [0.25, 0.3) is 0 Å². The average Bonchev–Trinajstić information content (AvgIpc) is 3.85. The van der Waals surface area contributed by atoms with Crippen molar-refractivity contribution >= 4 is 55.4 Å². The summed E-state index contributed by atoms with van der Waals surface area (Å²) in [6.07, 6.45) is 3.69. The van der Waals surface area contributed by atoms with E-state index in [1.165, 1.54) is 24.7 Å². The zero-order valence-electron chi connectivity index (χ0n) is 25.9. The van der Waals surface area contributed by atoms with Crippen molar-refractivity contribution in [2.45, 2.75) is 18.9 Å². The molecule has 4 N–H and O–H groups in total. The first-order chi connectivity index (χ1) is 23.2. The number of nitrogen functional groups attached to an aromatic ring is 1. The molecule has 0 aliphatic carbocycles. The first-order valence-electron chi connectivity index (χ1n) is 15.4. The van der Waals surface area contributed by atoms with E-state index in [-0.39, 0.29) is 50.9 Å². The molecular formula is C32H32F2N8O5S. The highest BCUT2D eigenvalue weighted by Gasteiger charge is 2.29. The van der Waals surface area contributed by atoms with Crippen LogP contribution in [-0.2, 0) is 4.79 Å². The van der Waals surface area contributed by atoms with Crippen LogP contribution in [0.2, 0.25) is 0 Å². The third-order valence-electron chi connectivity index (χ3n) is 8.90. The van der Waals surface area contributed by atoms with Crippen molar-refractivity contribution in [1.82, 2.24) is 30.1 Å². The summed E-state index contributed by atoms with van der Waals surface area (Å²) < 4.78 is 43.8. The van der Waals surface area contributed by atoms with Gasteiger partial charge in [0, 0.05) is 54.3 Å². The van der Waals surface area contributed by atoms with Crippen LogP contribution in [0.4, 0.5) is 24.5 Å². The number of fused-ring (bicyclic) bond motifs is 2. The fourth-order valence-corrected chi connectivity index (χ4v) is 7.15. The van der Waals surface area contributed by atoms with E-state index in [1.807, 2.05) is 11.9 Å². The van der Waals surface area contributed by atoms with Gasteiger partial charge in [0.15, 0.2) is 10.9 Å². The number of hydrogen-bond donors (Lipinski definition) is 3. The lowest BCUT2D eigenvalue weighted by Crippen LogP contribution is -2.51. The topological polar surface area (TPSA) is 163 Å². The largest absolute Gasteiger partial charge is 0.472 e. The molecule has 250 valence electrons. The van der Waals surface area contributed by atoms with Gasteiger partial charge >= 0.3 is 12.1 Å². The van der Waals surface area contributed by atoms with Crippen molar-refractivity contribution < 1.29 is 32.6 Å². The van der Waals surface area contributed by atoms with Gasteiger partial charge in [-0.25, -0.2) is 18.6 Å². The molecule has 3 aromatic heterocycles. The number of rotatable bonds is 8. The van der Waals surface area contributed by atoms with Crippen molar-refractivity contribution in [2.24, 2.45) is 0 Å². The Hall–Kier alpha value is -5.09. The maximum Gasteiger partial charge on any atom is 0.405 e. The Labute approximate surface area is 276 Å². The van der Waals surface area contributed by atoms with Crippen LogP contribution in [0.15, 0.2) is 41.2 Å². The van der Waals surface area contributed by atoms with Crippen LogP contribution in [0.1, 0.15) is 12.8 Å². The summed E-state index contributed by atoms with van der Waals surface area (Å²) in [4.78, 5) is 42.9. The number of furan rings is 1. The van der Waals surface area contributed by atoms with Gasteiger partial charge in [-0.3, -0.25) is 4.79 Å². The number of likely N-dealkylation sites (tertiary alicyclic amines) is 1. The number of anilines is 2. The first kappa shape index (κ1) is 31.5. The highest BCUT2D eigenvalue weighted by Crippen LogP contribution is 2.44. The van der Waals surface area contributed by atoms with Crippen LogP contribution in [-0.4, -0.2) is 101 Å². The highest BCUT2D eigenvalue weighted by atomic mass is 32.1. The number of amides is 2. The van der Waals surface area contributed by atoms with E-state index >= 15 is 4.39 Å². The van der Waals surface area contributed by atoms with Crippen LogP contribution in [0.5, 0.6) is 6.01 Å². The SMILES string of the molecule is CN1CCCC1COc1nc(N2CCN(C(=O)CNC(=O)O)CC2)c2cc(-c3ccoc3)c(-c3ccc(F)c4sc(N)nc34)c(F)c2n1. The van der Waals surface area contributed by atoms with E-state index in [9.17, 15) is 14.0 Å². The minimum Gasteiger partial charge on any atom is -0.472 e.